The number of hydrogen-bond acceptors (Lipinski definition) is 3. The van der Waals surface area contributed by atoms with E-state index < -0.39 is 0 Å². The average Bonchev–Trinajstić information content (AvgIpc) is 2.36. The van der Waals surface area contributed by atoms with Gasteiger partial charge in [-0.2, -0.15) is 0 Å². The van der Waals surface area contributed by atoms with Gasteiger partial charge in [-0.25, -0.2) is 0 Å². The van der Waals surface area contributed by atoms with Crippen LogP contribution in [0.5, 0.6) is 5.75 Å². The minimum absolute atomic E-state index is 0.581. The lowest BCUT2D eigenvalue weighted by Crippen LogP contribution is -2.12. The van der Waals surface area contributed by atoms with Crippen molar-refractivity contribution in [3.05, 3.63) is 28.2 Å². The highest BCUT2D eigenvalue weighted by atomic mass is 79.9. The van der Waals surface area contributed by atoms with E-state index in [1.54, 1.807) is 0 Å². The highest BCUT2D eigenvalue weighted by molar-refractivity contribution is 9.10. The van der Waals surface area contributed by atoms with E-state index in [0.29, 0.717) is 19.1 Å². The second kappa shape index (κ2) is 9.34. The SMILES string of the molecule is CNCc1cccc(Br)c1OCCOCCC(C)C. The van der Waals surface area contributed by atoms with E-state index in [0.717, 1.165) is 35.4 Å². The van der Waals surface area contributed by atoms with Crippen LogP contribution in [0.3, 0.4) is 0 Å². The van der Waals surface area contributed by atoms with Crippen molar-refractivity contribution in [1.82, 2.24) is 5.32 Å². The Hall–Kier alpha value is -0.580. The van der Waals surface area contributed by atoms with Gasteiger partial charge in [-0.3, -0.25) is 0 Å². The largest absolute Gasteiger partial charge is 0.490 e. The van der Waals surface area contributed by atoms with Gasteiger partial charge in [0.15, 0.2) is 0 Å². The molecule has 0 aliphatic carbocycles. The van der Waals surface area contributed by atoms with Gasteiger partial charge in [0.2, 0.25) is 0 Å². The molecule has 1 N–H and O–H groups in total. The van der Waals surface area contributed by atoms with Crippen molar-refractivity contribution in [1.29, 1.82) is 0 Å². The molecule has 0 saturated heterocycles. The Morgan fingerprint density at radius 2 is 2.00 bits per heavy atom. The number of hydrogen-bond donors (Lipinski definition) is 1. The van der Waals surface area contributed by atoms with Crippen LogP contribution < -0.4 is 10.1 Å². The van der Waals surface area contributed by atoms with Gasteiger partial charge in [0.05, 0.1) is 11.1 Å². The Kier molecular flexibility index (Phi) is 8.10. The van der Waals surface area contributed by atoms with Crippen LogP contribution in [-0.2, 0) is 11.3 Å². The summed E-state index contributed by atoms with van der Waals surface area (Å²) in [5, 5.41) is 3.14. The van der Waals surface area contributed by atoms with E-state index in [1.807, 2.05) is 19.2 Å². The molecule has 0 amide bonds. The number of benzene rings is 1. The van der Waals surface area contributed by atoms with Crippen LogP contribution in [0, 0.1) is 5.92 Å². The third-order valence-corrected chi connectivity index (χ3v) is 3.35. The van der Waals surface area contributed by atoms with E-state index in [-0.39, 0.29) is 0 Å². The monoisotopic (exact) mass is 329 g/mol. The molecule has 0 aliphatic rings. The lowest BCUT2D eigenvalue weighted by atomic mass is 10.1. The highest BCUT2D eigenvalue weighted by Crippen LogP contribution is 2.28. The molecule has 0 fully saturated rings. The minimum Gasteiger partial charge on any atom is -0.490 e. The van der Waals surface area contributed by atoms with Crippen molar-refractivity contribution in [2.45, 2.75) is 26.8 Å². The van der Waals surface area contributed by atoms with Crippen molar-refractivity contribution < 1.29 is 9.47 Å². The molecule has 0 bridgehead atoms. The molecule has 0 aliphatic heterocycles. The quantitative estimate of drug-likeness (QED) is 0.702. The zero-order chi connectivity index (χ0) is 14.1. The van der Waals surface area contributed by atoms with Gasteiger partial charge < -0.3 is 14.8 Å². The fourth-order valence-electron chi connectivity index (χ4n) is 1.67. The van der Waals surface area contributed by atoms with Crippen molar-refractivity contribution in [3.8, 4) is 5.75 Å². The average molecular weight is 330 g/mol. The van der Waals surface area contributed by atoms with Crippen molar-refractivity contribution in [2.24, 2.45) is 5.92 Å². The Bertz CT molecular complexity index is 369. The molecule has 1 aromatic rings. The number of halogens is 1. The van der Waals surface area contributed by atoms with Crippen molar-refractivity contribution in [2.75, 3.05) is 26.9 Å². The van der Waals surface area contributed by atoms with E-state index in [4.69, 9.17) is 9.47 Å². The molecule has 3 nitrogen and oxygen atoms in total. The number of nitrogens with one attached hydrogen (secondary N) is 1. The molecule has 1 rings (SSSR count). The molecule has 108 valence electrons. The van der Waals surface area contributed by atoms with Gasteiger partial charge in [0.25, 0.3) is 0 Å². The molecule has 0 heterocycles. The summed E-state index contributed by atoms with van der Waals surface area (Å²) in [5.41, 5.74) is 1.15. The van der Waals surface area contributed by atoms with Crippen LogP contribution in [0.1, 0.15) is 25.8 Å². The van der Waals surface area contributed by atoms with Crippen LogP contribution in [-0.4, -0.2) is 26.9 Å². The molecule has 0 atom stereocenters. The van der Waals surface area contributed by atoms with Gasteiger partial charge in [-0.05, 0) is 41.4 Å². The predicted octanol–water partition coefficient (Wildman–Crippen LogP) is 3.61. The van der Waals surface area contributed by atoms with Crippen LogP contribution >= 0.6 is 15.9 Å². The summed E-state index contributed by atoms with van der Waals surface area (Å²) in [4.78, 5) is 0. The maximum Gasteiger partial charge on any atom is 0.138 e. The van der Waals surface area contributed by atoms with E-state index >= 15 is 0 Å². The summed E-state index contributed by atoms with van der Waals surface area (Å²) in [6, 6.07) is 6.08. The highest BCUT2D eigenvalue weighted by Gasteiger charge is 2.07. The van der Waals surface area contributed by atoms with Gasteiger partial charge in [-0.1, -0.05) is 26.0 Å². The third-order valence-electron chi connectivity index (χ3n) is 2.73. The third kappa shape index (κ3) is 6.41. The zero-order valence-electron chi connectivity index (χ0n) is 12.0. The molecule has 0 spiro atoms. The topological polar surface area (TPSA) is 30.5 Å². The smallest absolute Gasteiger partial charge is 0.138 e. The lowest BCUT2D eigenvalue weighted by molar-refractivity contribution is 0.0920. The van der Waals surface area contributed by atoms with E-state index in [2.05, 4.69) is 41.2 Å². The van der Waals surface area contributed by atoms with Crippen LogP contribution in [0.15, 0.2) is 22.7 Å². The Morgan fingerprint density at radius 3 is 2.68 bits per heavy atom. The molecule has 0 radical (unpaired) electrons. The number of para-hydroxylation sites is 1. The van der Waals surface area contributed by atoms with Gasteiger partial charge in [0.1, 0.15) is 12.4 Å². The van der Waals surface area contributed by atoms with E-state index in [9.17, 15) is 0 Å². The fraction of sp³-hybridized carbons (Fsp3) is 0.600. The normalized spacial score (nSPS) is 11.0. The number of rotatable bonds is 9. The molecule has 0 saturated carbocycles. The molecule has 0 unspecified atom stereocenters. The Morgan fingerprint density at radius 1 is 1.21 bits per heavy atom. The molecule has 4 heteroatoms. The van der Waals surface area contributed by atoms with Crippen LogP contribution in [0.2, 0.25) is 0 Å². The van der Waals surface area contributed by atoms with Crippen molar-refractivity contribution in [3.63, 3.8) is 0 Å². The number of ether oxygens (including phenoxy) is 2. The second-order valence-corrected chi connectivity index (χ2v) is 5.76. The van der Waals surface area contributed by atoms with Crippen LogP contribution in [0.25, 0.3) is 0 Å². The van der Waals surface area contributed by atoms with Crippen LogP contribution in [0.4, 0.5) is 0 Å². The maximum atomic E-state index is 5.82. The molecular formula is C15H24BrNO2. The second-order valence-electron chi connectivity index (χ2n) is 4.90. The summed E-state index contributed by atoms with van der Waals surface area (Å²) < 4.78 is 12.4. The summed E-state index contributed by atoms with van der Waals surface area (Å²) in [6.07, 6.45) is 1.10. The molecule has 1 aromatic carbocycles. The van der Waals surface area contributed by atoms with Gasteiger partial charge in [0, 0.05) is 18.7 Å². The first-order valence-electron chi connectivity index (χ1n) is 6.77. The Balaban J connectivity index is 2.36. The first-order valence-corrected chi connectivity index (χ1v) is 7.57. The van der Waals surface area contributed by atoms with Crippen molar-refractivity contribution >= 4 is 15.9 Å². The first-order chi connectivity index (χ1) is 9.15. The van der Waals surface area contributed by atoms with Gasteiger partial charge in [-0.15, -0.1) is 0 Å². The summed E-state index contributed by atoms with van der Waals surface area (Å²) in [5.74, 6) is 1.59. The molecule has 0 aromatic heterocycles. The predicted molar refractivity (Wildman–Crippen MR) is 82.7 cm³/mol. The Labute approximate surface area is 124 Å². The van der Waals surface area contributed by atoms with E-state index in [1.165, 1.54) is 0 Å². The summed E-state index contributed by atoms with van der Waals surface area (Å²) >= 11 is 3.53. The zero-order valence-corrected chi connectivity index (χ0v) is 13.6. The molecule has 19 heavy (non-hydrogen) atoms. The first kappa shape index (κ1) is 16.5. The maximum absolute atomic E-state index is 5.82. The molecular weight excluding hydrogens is 306 g/mol. The standard InChI is InChI=1S/C15H24BrNO2/c1-12(2)7-8-18-9-10-19-15-13(11-17-3)5-4-6-14(15)16/h4-6,12,17H,7-11H2,1-3H3. The minimum atomic E-state index is 0.581. The lowest BCUT2D eigenvalue weighted by Gasteiger charge is -2.13. The fourth-order valence-corrected chi connectivity index (χ4v) is 2.19. The van der Waals surface area contributed by atoms with Gasteiger partial charge >= 0.3 is 0 Å². The summed E-state index contributed by atoms with van der Waals surface area (Å²) in [6.45, 7) is 7.21. The summed E-state index contributed by atoms with van der Waals surface area (Å²) in [7, 11) is 1.93.